The van der Waals surface area contributed by atoms with Crippen LogP contribution in [0.3, 0.4) is 0 Å². The Morgan fingerprint density at radius 1 is 0.692 bits per heavy atom. The van der Waals surface area contributed by atoms with Crippen LogP contribution in [0.25, 0.3) is 44.3 Å². The van der Waals surface area contributed by atoms with Crippen molar-refractivity contribution in [3.8, 4) is 22.4 Å². The fourth-order valence-corrected chi connectivity index (χ4v) is 3.53. The summed E-state index contributed by atoms with van der Waals surface area (Å²) in [4.78, 5) is 16.3. The Bertz CT molecular complexity index is 1280. The highest BCUT2D eigenvalue weighted by Gasteiger charge is 2.20. The van der Waals surface area contributed by atoms with Crippen LogP contribution in [0.5, 0.6) is 0 Å². The van der Waals surface area contributed by atoms with Crippen molar-refractivity contribution in [1.29, 1.82) is 0 Å². The lowest BCUT2D eigenvalue weighted by Gasteiger charge is -2.05. The summed E-state index contributed by atoms with van der Waals surface area (Å²) >= 11 is 0. The van der Waals surface area contributed by atoms with Gasteiger partial charge in [0.25, 0.3) is 0 Å². The summed E-state index contributed by atoms with van der Waals surface area (Å²) < 4.78 is 5.61. The van der Waals surface area contributed by atoms with Crippen molar-refractivity contribution < 1.29 is 4.42 Å². The molecule has 0 amide bonds. The quantitative estimate of drug-likeness (QED) is 0.426. The monoisotopic (exact) mass is 337 g/mol. The van der Waals surface area contributed by atoms with Gasteiger partial charge in [-0.1, -0.05) is 72.8 Å². The van der Waals surface area contributed by atoms with Crippen LogP contribution in [0.4, 0.5) is 0 Å². The van der Waals surface area contributed by atoms with E-state index in [0.29, 0.717) is 11.0 Å². The van der Waals surface area contributed by atoms with Crippen molar-refractivity contribution in [2.75, 3.05) is 0 Å². The highest BCUT2D eigenvalue weighted by molar-refractivity contribution is 6.12. The predicted octanol–water partition coefficient (Wildman–Crippen LogP) is 5.61. The fourth-order valence-electron chi connectivity index (χ4n) is 3.53. The first-order valence-electron chi connectivity index (χ1n) is 8.51. The molecule has 0 fully saturated rings. The van der Waals surface area contributed by atoms with E-state index in [-0.39, 0.29) is 5.63 Å². The minimum absolute atomic E-state index is 0.323. The third-order valence-electron chi connectivity index (χ3n) is 4.69. The first-order valence-corrected chi connectivity index (χ1v) is 8.51. The van der Waals surface area contributed by atoms with E-state index in [2.05, 4.69) is 4.98 Å². The molecule has 5 aromatic rings. The molecule has 1 N–H and O–H groups in total. The number of hydrogen-bond donors (Lipinski definition) is 1. The smallest absolute Gasteiger partial charge is 0.346 e. The zero-order chi connectivity index (χ0) is 17.5. The van der Waals surface area contributed by atoms with Crippen molar-refractivity contribution >= 4 is 21.9 Å². The maximum absolute atomic E-state index is 12.8. The summed E-state index contributed by atoms with van der Waals surface area (Å²) in [5.74, 6) is 0. The van der Waals surface area contributed by atoms with Gasteiger partial charge in [0.1, 0.15) is 5.58 Å². The van der Waals surface area contributed by atoms with E-state index in [1.807, 2.05) is 84.9 Å². The standard InChI is InChI=1S/C23H15NO2/c25-23-20-19(15-9-3-1-4-10-15)21(16-11-5-2-6-12-16)24-22(20)17-13-7-8-14-18(17)26-23/h1-14,24H. The molecular formula is C23H15NO2. The molecule has 26 heavy (non-hydrogen) atoms. The lowest BCUT2D eigenvalue weighted by Crippen LogP contribution is -1.99. The van der Waals surface area contributed by atoms with Crippen LogP contribution in [0.2, 0.25) is 0 Å². The second-order valence-corrected chi connectivity index (χ2v) is 6.24. The predicted molar refractivity (Wildman–Crippen MR) is 105 cm³/mol. The van der Waals surface area contributed by atoms with Crippen LogP contribution >= 0.6 is 0 Å². The second-order valence-electron chi connectivity index (χ2n) is 6.24. The molecule has 5 rings (SSSR count). The highest BCUT2D eigenvalue weighted by Crippen LogP contribution is 2.38. The van der Waals surface area contributed by atoms with Gasteiger partial charge in [-0.3, -0.25) is 0 Å². The van der Waals surface area contributed by atoms with Gasteiger partial charge in [-0.05, 0) is 23.3 Å². The Morgan fingerprint density at radius 3 is 2.04 bits per heavy atom. The minimum Gasteiger partial charge on any atom is -0.422 e. The van der Waals surface area contributed by atoms with Gasteiger partial charge in [-0.15, -0.1) is 0 Å². The van der Waals surface area contributed by atoms with Crippen LogP contribution in [0.15, 0.2) is 94.1 Å². The summed E-state index contributed by atoms with van der Waals surface area (Å²) in [6.45, 7) is 0. The molecule has 3 heteroatoms. The molecule has 0 atom stereocenters. The molecule has 0 aliphatic carbocycles. The second kappa shape index (κ2) is 5.74. The van der Waals surface area contributed by atoms with E-state index in [1.165, 1.54) is 0 Å². The molecule has 0 spiro atoms. The Labute approximate surface area is 149 Å². The lowest BCUT2D eigenvalue weighted by molar-refractivity contribution is 0.570. The molecule has 3 aromatic carbocycles. The van der Waals surface area contributed by atoms with Gasteiger partial charge in [-0.2, -0.15) is 0 Å². The maximum Gasteiger partial charge on any atom is 0.346 e. The summed E-state index contributed by atoms with van der Waals surface area (Å²) in [5.41, 5.74) is 4.91. The molecule has 2 heterocycles. The molecule has 124 valence electrons. The molecule has 0 radical (unpaired) electrons. The first-order chi connectivity index (χ1) is 12.8. The topological polar surface area (TPSA) is 46.0 Å². The first kappa shape index (κ1) is 14.7. The molecule has 2 aromatic heterocycles. The van der Waals surface area contributed by atoms with E-state index in [0.717, 1.165) is 33.3 Å². The molecule has 0 unspecified atom stereocenters. The van der Waals surface area contributed by atoms with Crippen molar-refractivity contribution in [1.82, 2.24) is 4.98 Å². The summed E-state index contributed by atoms with van der Waals surface area (Å²) in [5, 5.41) is 1.50. The van der Waals surface area contributed by atoms with Gasteiger partial charge < -0.3 is 9.40 Å². The SMILES string of the molecule is O=c1oc2ccccc2c2[nH]c(-c3ccccc3)c(-c3ccccc3)c12. The minimum atomic E-state index is -0.323. The third-order valence-corrected chi connectivity index (χ3v) is 4.69. The number of aromatic nitrogens is 1. The van der Waals surface area contributed by atoms with Crippen LogP contribution in [0, 0.1) is 0 Å². The van der Waals surface area contributed by atoms with Gasteiger partial charge in [0.05, 0.1) is 16.6 Å². The van der Waals surface area contributed by atoms with Crippen LogP contribution in [-0.4, -0.2) is 4.98 Å². The average Bonchev–Trinajstić information content (AvgIpc) is 3.11. The normalized spacial score (nSPS) is 11.2. The van der Waals surface area contributed by atoms with E-state index in [1.54, 1.807) is 0 Å². The molecule has 0 bridgehead atoms. The number of aromatic amines is 1. The van der Waals surface area contributed by atoms with Crippen molar-refractivity contribution in [2.45, 2.75) is 0 Å². The molecule has 0 aliphatic rings. The Hall–Kier alpha value is -3.59. The Balaban J connectivity index is 1.99. The van der Waals surface area contributed by atoms with Crippen molar-refractivity contribution in [3.63, 3.8) is 0 Å². The number of para-hydroxylation sites is 1. The number of hydrogen-bond acceptors (Lipinski definition) is 2. The molecule has 0 aliphatic heterocycles. The van der Waals surface area contributed by atoms with Crippen LogP contribution in [0.1, 0.15) is 0 Å². The van der Waals surface area contributed by atoms with Gasteiger partial charge in [0, 0.05) is 10.9 Å². The molecular weight excluding hydrogens is 322 g/mol. The van der Waals surface area contributed by atoms with Gasteiger partial charge >= 0.3 is 5.63 Å². The molecule has 0 saturated carbocycles. The van der Waals surface area contributed by atoms with E-state index >= 15 is 0 Å². The zero-order valence-electron chi connectivity index (χ0n) is 13.9. The Kier molecular flexibility index (Phi) is 3.25. The summed E-state index contributed by atoms with van der Waals surface area (Å²) in [6, 6.07) is 27.6. The van der Waals surface area contributed by atoms with Crippen LogP contribution < -0.4 is 5.63 Å². The average molecular weight is 337 g/mol. The Morgan fingerprint density at radius 2 is 1.31 bits per heavy atom. The van der Waals surface area contributed by atoms with Gasteiger partial charge in [0.2, 0.25) is 0 Å². The molecule has 3 nitrogen and oxygen atoms in total. The van der Waals surface area contributed by atoms with Gasteiger partial charge in [-0.25, -0.2) is 4.79 Å². The maximum atomic E-state index is 12.8. The zero-order valence-corrected chi connectivity index (χ0v) is 13.9. The van der Waals surface area contributed by atoms with Crippen molar-refractivity contribution in [3.05, 3.63) is 95.3 Å². The van der Waals surface area contributed by atoms with Gasteiger partial charge in [0.15, 0.2) is 0 Å². The van der Waals surface area contributed by atoms with E-state index < -0.39 is 0 Å². The van der Waals surface area contributed by atoms with E-state index in [9.17, 15) is 4.79 Å². The number of nitrogens with one attached hydrogen (secondary N) is 1. The summed E-state index contributed by atoms with van der Waals surface area (Å²) in [6.07, 6.45) is 0. The third kappa shape index (κ3) is 2.18. The highest BCUT2D eigenvalue weighted by atomic mass is 16.4. The lowest BCUT2D eigenvalue weighted by atomic mass is 9.99. The number of rotatable bonds is 2. The summed E-state index contributed by atoms with van der Waals surface area (Å²) in [7, 11) is 0. The molecule has 0 saturated heterocycles. The number of H-pyrrole nitrogens is 1. The number of benzene rings is 3. The van der Waals surface area contributed by atoms with Crippen LogP contribution in [-0.2, 0) is 0 Å². The van der Waals surface area contributed by atoms with Crippen molar-refractivity contribution in [2.24, 2.45) is 0 Å². The number of fused-ring (bicyclic) bond motifs is 3. The fraction of sp³-hybridized carbons (Fsp3) is 0. The largest absolute Gasteiger partial charge is 0.422 e. The van der Waals surface area contributed by atoms with E-state index in [4.69, 9.17) is 4.42 Å².